The predicted molar refractivity (Wildman–Crippen MR) is 101 cm³/mol. The smallest absolute Gasteiger partial charge is 0.333 e. The summed E-state index contributed by atoms with van der Waals surface area (Å²) in [4.78, 5) is 25.1. The molecule has 0 aliphatic heterocycles. The number of hydrogen-bond donors (Lipinski definition) is 0. The third kappa shape index (κ3) is 2.69. The summed E-state index contributed by atoms with van der Waals surface area (Å²) in [7, 11) is 0. The summed E-state index contributed by atoms with van der Waals surface area (Å²) in [5.74, 6) is 3.44. The first kappa shape index (κ1) is 17.8. The maximum atomic E-state index is 13.0. The predicted octanol–water partition coefficient (Wildman–Crippen LogP) is 4.28. The first-order valence-corrected chi connectivity index (χ1v) is 11.0. The Bertz CT molecular complexity index is 676. The van der Waals surface area contributed by atoms with Gasteiger partial charge in [-0.3, -0.25) is 4.79 Å². The molecule has 5 aliphatic rings. The van der Waals surface area contributed by atoms with Crippen molar-refractivity contribution >= 4 is 11.9 Å². The number of ether oxygens (including phenoxy) is 2. The van der Waals surface area contributed by atoms with E-state index in [2.05, 4.69) is 13.5 Å². The van der Waals surface area contributed by atoms with E-state index in [1.54, 1.807) is 6.92 Å². The van der Waals surface area contributed by atoms with E-state index in [-0.39, 0.29) is 29.6 Å². The Hall–Kier alpha value is -1.32. The Labute approximate surface area is 162 Å². The molecule has 0 N–H and O–H groups in total. The molecule has 5 fully saturated rings. The first-order valence-electron chi connectivity index (χ1n) is 11.0. The fourth-order valence-electron chi connectivity index (χ4n) is 7.73. The van der Waals surface area contributed by atoms with Crippen LogP contribution in [0.3, 0.4) is 0 Å². The zero-order valence-corrected chi connectivity index (χ0v) is 16.6. The molecule has 0 heterocycles. The number of rotatable bonds is 4. The zero-order valence-electron chi connectivity index (χ0n) is 16.6. The monoisotopic (exact) mass is 372 g/mol. The molecule has 8 unspecified atom stereocenters. The van der Waals surface area contributed by atoms with Crippen LogP contribution in [-0.2, 0) is 19.1 Å². The average Bonchev–Trinajstić information content (AvgIpc) is 3.39. The van der Waals surface area contributed by atoms with Gasteiger partial charge in [-0.2, -0.15) is 0 Å². The molecule has 0 aromatic carbocycles. The van der Waals surface area contributed by atoms with Crippen molar-refractivity contribution in [3.05, 3.63) is 12.2 Å². The second-order valence-corrected chi connectivity index (χ2v) is 10.4. The topological polar surface area (TPSA) is 52.6 Å². The van der Waals surface area contributed by atoms with Gasteiger partial charge in [-0.05, 0) is 101 Å². The molecule has 4 nitrogen and oxygen atoms in total. The summed E-state index contributed by atoms with van der Waals surface area (Å²) in [6.45, 7) is 7.54. The van der Waals surface area contributed by atoms with Crippen molar-refractivity contribution in [2.24, 2.45) is 41.4 Å². The Morgan fingerprint density at radius 1 is 0.963 bits per heavy atom. The molecule has 0 spiro atoms. The van der Waals surface area contributed by atoms with Crippen molar-refractivity contribution in [1.82, 2.24) is 0 Å². The molecule has 0 radical (unpaired) electrons. The number of carbonyl (C=O) groups is 2. The molecule has 0 aromatic heterocycles. The van der Waals surface area contributed by atoms with Gasteiger partial charge in [0.15, 0.2) is 0 Å². The SMILES string of the molecule is C=C(C)C(=O)OC1CC2CC1C1C3CC(CC3C(=O)OC3(C)CCCC3)C21. The van der Waals surface area contributed by atoms with Gasteiger partial charge in [0.05, 0.1) is 5.92 Å². The minimum atomic E-state index is -0.252. The highest BCUT2D eigenvalue weighted by atomic mass is 16.6. The van der Waals surface area contributed by atoms with Gasteiger partial charge in [-0.15, -0.1) is 0 Å². The van der Waals surface area contributed by atoms with Gasteiger partial charge in [0.1, 0.15) is 11.7 Å². The lowest BCUT2D eigenvalue weighted by atomic mass is 9.66. The van der Waals surface area contributed by atoms with Gasteiger partial charge in [-0.1, -0.05) is 6.58 Å². The van der Waals surface area contributed by atoms with Crippen LogP contribution < -0.4 is 0 Å². The minimum Gasteiger partial charge on any atom is -0.459 e. The van der Waals surface area contributed by atoms with Gasteiger partial charge >= 0.3 is 11.9 Å². The van der Waals surface area contributed by atoms with E-state index in [0.29, 0.717) is 35.2 Å². The number of hydrogen-bond acceptors (Lipinski definition) is 4. The lowest BCUT2D eigenvalue weighted by Crippen LogP contribution is -2.43. The molecule has 5 saturated carbocycles. The highest BCUT2D eigenvalue weighted by Gasteiger charge is 2.66. The minimum absolute atomic E-state index is 0.0313. The van der Waals surface area contributed by atoms with Gasteiger partial charge in [0.25, 0.3) is 0 Å². The lowest BCUT2D eigenvalue weighted by Gasteiger charge is -2.41. The van der Waals surface area contributed by atoms with Crippen LogP contribution in [0.5, 0.6) is 0 Å². The second kappa shape index (κ2) is 6.09. The van der Waals surface area contributed by atoms with E-state index in [1.807, 2.05) is 0 Å². The van der Waals surface area contributed by atoms with Crippen LogP contribution in [0.15, 0.2) is 12.2 Å². The highest BCUT2D eigenvalue weighted by Crippen LogP contribution is 2.69. The largest absolute Gasteiger partial charge is 0.459 e. The van der Waals surface area contributed by atoms with Crippen LogP contribution in [0.2, 0.25) is 0 Å². The van der Waals surface area contributed by atoms with Gasteiger partial charge in [0, 0.05) is 5.57 Å². The van der Waals surface area contributed by atoms with Gasteiger partial charge in [-0.25, -0.2) is 4.79 Å². The van der Waals surface area contributed by atoms with Crippen LogP contribution in [0.4, 0.5) is 0 Å². The molecule has 0 aromatic rings. The Morgan fingerprint density at radius 3 is 2.33 bits per heavy atom. The van der Waals surface area contributed by atoms with Gasteiger partial charge < -0.3 is 9.47 Å². The number of esters is 2. The van der Waals surface area contributed by atoms with Crippen LogP contribution in [0, 0.1) is 41.4 Å². The normalized spacial score (nSPS) is 45.7. The maximum Gasteiger partial charge on any atom is 0.333 e. The highest BCUT2D eigenvalue weighted by molar-refractivity contribution is 5.87. The molecule has 4 bridgehead atoms. The fourth-order valence-corrected chi connectivity index (χ4v) is 7.73. The van der Waals surface area contributed by atoms with Gasteiger partial charge in [0.2, 0.25) is 0 Å². The third-order valence-corrected chi connectivity index (χ3v) is 8.68. The summed E-state index contributed by atoms with van der Waals surface area (Å²) in [6.07, 6.45) is 8.79. The molecule has 0 amide bonds. The Kier molecular flexibility index (Phi) is 4.00. The molecule has 27 heavy (non-hydrogen) atoms. The number of carbonyl (C=O) groups excluding carboxylic acids is 2. The summed E-state index contributed by atoms with van der Waals surface area (Å²) in [5.41, 5.74) is 0.251. The molecule has 8 atom stereocenters. The zero-order chi connectivity index (χ0) is 18.9. The second-order valence-electron chi connectivity index (χ2n) is 10.4. The number of fused-ring (bicyclic) bond motifs is 9. The summed E-state index contributed by atoms with van der Waals surface area (Å²) < 4.78 is 11.8. The van der Waals surface area contributed by atoms with Crippen LogP contribution >= 0.6 is 0 Å². The molecular formula is C23H32O4. The van der Waals surface area contributed by atoms with E-state index in [1.165, 1.54) is 25.7 Å². The van der Waals surface area contributed by atoms with E-state index < -0.39 is 0 Å². The van der Waals surface area contributed by atoms with Crippen molar-refractivity contribution in [3.63, 3.8) is 0 Å². The first-order chi connectivity index (χ1) is 12.9. The Morgan fingerprint density at radius 2 is 1.63 bits per heavy atom. The van der Waals surface area contributed by atoms with Crippen molar-refractivity contribution in [1.29, 1.82) is 0 Å². The molecule has 5 aliphatic carbocycles. The molecule has 4 heteroatoms. The van der Waals surface area contributed by atoms with Crippen molar-refractivity contribution in [2.45, 2.75) is 76.9 Å². The molecule has 148 valence electrons. The molecular weight excluding hydrogens is 340 g/mol. The van der Waals surface area contributed by atoms with E-state index in [4.69, 9.17) is 9.47 Å². The third-order valence-electron chi connectivity index (χ3n) is 8.68. The van der Waals surface area contributed by atoms with Crippen molar-refractivity contribution in [3.8, 4) is 0 Å². The molecule has 5 rings (SSSR count). The summed E-state index contributed by atoms with van der Waals surface area (Å²) >= 11 is 0. The van der Waals surface area contributed by atoms with Crippen molar-refractivity contribution in [2.75, 3.05) is 0 Å². The van der Waals surface area contributed by atoms with E-state index >= 15 is 0 Å². The quantitative estimate of drug-likeness (QED) is 0.420. The van der Waals surface area contributed by atoms with Crippen molar-refractivity contribution < 1.29 is 19.1 Å². The van der Waals surface area contributed by atoms with Crippen LogP contribution in [0.25, 0.3) is 0 Å². The fraction of sp³-hybridized carbons (Fsp3) is 0.826. The lowest BCUT2D eigenvalue weighted by molar-refractivity contribution is -0.168. The van der Waals surface area contributed by atoms with E-state index in [0.717, 1.165) is 31.6 Å². The molecule has 0 saturated heterocycles. The average molecular weight is 373 g/mol. The maximum absolute atomic E-state index is 13.0. The van der Waals surface area contributed by atoms with Crippen LogP contribution in [0.1, 0.15) is 65.2 Å². The van der Waals surface area contributed by atoms with Crippen LogP contribution in [-0.4, -0.2) is 23.6 Å². The Balaban J connectivity index is 1.29. The summed E-state index contributed by atoms with van der Waals surface area (Å²) in [6, 6.07) is 0. The standard InChI is InChI=1S/C23H32O4/c1-12(2)21(24)26-18-11-14-10-17(18)20-15-8-13(19(14)20)9-16(15)22(25)27-23(3)6-4-5-7-23/h13-20H,1,4-11H2,2-3H3. The summed E-state index contributed by atoms with van der Waals surface area (Å²) in [5, 5.41) is 0. The van der Waals surface area contributed by atoms with E-state index in [9.17, 15) is 9.59 Å².